The molecule has 0 N–H and O–H groups in total. The van der Waals surface area contributed by atoms with Crippen molar-refractivity contribution in [1.82, 2.24) is 15.0 Å². The van der Waals surface area contributed by atoms with Gasteiger partial charge in [0.25, 0.3) is 0 Å². The summed E-state index contributed by atoms with van der Waals surface area (Å²) in [5, 5.41) is 22.0. The van der Waals surface area contributed by atoms with Crippen LogP contribution in [-0.4, -0.2) is 22.1 Å². The zero-order valence-electron chi connectivity index (χ0n) is 12.8. The van der Waals surface area contributed by atoms with Crippen LogP contribution in [0.5, 0.6) is 5.75 Å². The third kappa shape index (κ3) is 2.56. The average molecular weight is 385 g/mol. The van der Waals surface area contributed by atoms with E-state index >= 15 is 0 Å². The van der Waals surface area contributed by atoms with Crippen LogP contribution >= 0.6 is 15.9 Å². The number of ether oxygens (including phenoxy) is 1. The van der Waals surface area contributed by atoms with E-state index in [1.165, 1.54) is 6.20 Å². The summed E-state index contributed by atoms with van der Waals surface area (Å²) >= 11 is 3.39. The van der Waals surface area contributed by atoms with E-state index in [-0.39, 0.29) is 0 Å². The third-order valence-electron chi connectivity index (χ3n) is 3.86. The smallest absolute Gasteiger partial charge is 0.227 e. The Morgan fingerprint density at radius 2 is 1.96 bits per heavy atom. The molecule has 2 heterocycles. The van der Waals surface area contributed by atoms with Crippen LogP contribution < -0.4 is 9.47 Å². The largest absolute Gasteiger partial charge is 0.618 e. The predicted molar refractivity (Wildman–Crippen MR) is 93.8 cm³/mol. The van der Waals surface area contributed by atoms with Crippen LogP contribution in [0.3, 0.4) is 0 Å². The van der Waals surface area contributed by atoms with Crippen LogP contribution in [0.1, 0.15) is 5.56 Å². The topological polar surface area (TPSA) is 66.9 Å². The molecule has 4 aromatic rings. The van der Waals surface area contributed by atoms with Gasteiger partial charge in [-0.2, -0.15) is 14.6 Å². The van der Waals surface area contributed by atoms with Crippen molar-refractivity contribution < 1.29 is 9.47 Å². The molecule has 24 heavy (non-hydrogen) atoms. The van der Waals surface area contributed by atoms with E-state index in [1.54, 1.807) is 18.0 Å². The number of halogens is 1. The zero-order valence-corrected chi connectivity index (χ0v) is 14.4. The molecular formula is C17H13BrN4O2. The molecule has 120 valence electrons. The molecule has 0 amide bonds. The van der Waals surface area contributed by atoms with E-state index in [0.717, 1.165) is 31.4 Å². The number of hydrogen-bond donors (Lipinski definition) is 0. The fourth-order valence-electron chi connectivity index (χ4n) is 2.67. The minimum atomic E-state index is 0.523. The molecule has 0 bridgehead atoms. The molecule has 4 rings (SSSR count). The SMILES string of the molecule is COc1ccc(Cn2nc3c[n+]([O-])c4cc(Br)ccc4c3n2)cc1. The lowest BCUT2D eigenvalue weighted by Gasteiger charge is -2.02. The molecule has 0 aliphatic heterocycles. The minimum Gasteiger partial charge on any atom is -0.618 e. The van der Waals surface area contributed by atoms with Crippen LogP contribution in [0.25, 0.3) is 21.9 Å². The molecule has 0 aliphatic carbocycles. The second-order valence-electron chi connectivity index (χ2n) is 5.43. The van der Waals surface area contributed by atoms with Gasteiger partial charge in [-0.3, -0.25) is 0 Å². The molecule has 0 radical (unpaired) electrons. The first-order valence-corrected chi connectivity index (χ1v) is 8.12. The highest BCUT2D eigenvalue weighted by Crippen LogP contribution is 2.23. The predicted octanol–water partition coefficient (Wildman–Crippen LogP) is 3.04. The number of fused-ring (bicyclic) bond motifs is 3. The van der Waals surface area contributed by atoms with Gasteiger partial charge in [0.05, 0.1) is 19.0 Å². The van der Waals surface area contributed by atoms with E-state index < -0.39 is 0 Å². The standard InChI is InChI=1S/C17H13BrN4O2/c1-24-13-5-2-11(3-6-13)9-22-19-15-10-21(23)16-8-12(18)4-7-14(16)17(15)20-22/h2-8,10H,9H2,1H3. The first kappa shape index (κ1) is 14.9. The molecule has 2 aromatic heterocycles. The molecule has 0 spiro atoms. The maximum absolute atomic E-state index is 12.2. The number of pyridine rings is 1. The van der Waals surface area contributed by atoms with Gasteiger partial charge in [-0.15, -0.1) is 5.10 Å². The lowest BCUT2D eigenvalue weighted by Crippen LogP contribution is -2.26. The lowest BCUT2D eigenvalue weighted by molar-refractivity contribution is -0.575. The molecule has 2 aromatic carbocycles. The maximum atomic E-state index is 12.2. The molecule has 6 nitrogen and oxygen atoms in total. The molecular weight excluding hydrogens is 372 g/mol. The Labute approximate surface area is 146 Å². The Morgan fingerprint density at radius 3 is 2.71 bits per heavy atom. The van der Waals surface area contributed by atoms with Crippen molar-refractivity contribution in [3.8, 4) is 5.75 Å². The van der Waals surface area contributed by atoms with Crippen molar-refractivity contribution in [3.63, 3.8) is 0 Å². The Kier molecular flexibility index (Phi) is 3.57. The van der Waals surface area contributed by atoms with Crippen molar-refractivity contribution in [3.05, 3.63) is 63.9 Å². The van der Waals surface area contributed by atoms with Gasteiger partial charge in [0, 0.05) is 10.5 Å². The summed E-state index contributed by atoms with van der Waals surface area (Å²) in [5.41, 5.74) is 2.91. The summed E-state index contributed by atoms with van der Waals surface area (Å²) in [7, 11) is 1.64. The van der Waals surface area contributed by atoms with Gasteiger partial charge in [0.1, 0.15) is 11.3 Å². The van der Waals surface area contributed by atoms with Gasteiger partial charge in [-0.05, 0) is 29.8 Å². The minimum absolute atomic E-state index is 0.523. The van der Waals surface area contributed by atoms with Crippen LogP contribution in [0.2, 0.25) is 0 Å². The van der Waals surface area contributed by atoms with Crippen molar-refractivity contribution in [1.29, 1.82) is 0 Å². The van der Waals surface area contributed by atoms with Gasteiger partial charge in [0.2, 0.25) is 11.7 Å². The second kappa shape index (κ2) is 5.76. The second-order valence-corrected chi connectivity index (χ2v) is 6.34. The van der Waals surface area contributed by atoms with E-state index in [0.29, 0.717) is 17.6 Å². The molecule has 0 unspecified atom stereocenters. The van der Waals surface area contributed by atoms with Gasteiger partial charge in [-0.1, -0.05) is 28.1 Å². The third-order valence-corrected chi connectivity index (χ3v) is 4.35. The summed E-state index contributed by atoms with van der Waals surface area (Å²) in [6.07, 6.45) is 1.46. The molecule has 0 saturated heterocycles. The van der Waals surface area contributed by atoms with Crippen LogP contribution in [-0.2, 0) is 6.54 Å². The van der Waals surface area contributed by atoms with Crippen molar-refractivity contribution in [2.24, 2.45) is 0 Å². The summed E-state index contributed by atoms with van der Waals surface area (Å²) in [6.45, 7) is 0.523. The molecule has 0 atom stereocenters. The fraction of sp³-hybridized carbons (Fsp3) is 0.118. The average Bonchev–Trinajstić information content (AvgIpc) is 2.98. The quantitative estimate of drug-likeness (QED) is 0.402. The normalized spacial score (nSPS) is 11.2. The highest BCUT2D eigenvalue weighted by molar-refractivity contribution is 9.10. The molecule has 0 aliphatic rings. The first-order valence-electron chi connectivity index (χ1n) is 7.33. The summed E-state index contributed by atoms with van der Waals surface area (Å²) < 4.78 is 6.84. The van der Waals surface area contributed by atoms with Gasteiger partial charge in [-0.25, -0.2) is 0 Å². The monoisotopic (exact) mass is 384 g/mol. The Morgan fingerprint density at radius 1 is 1.17 bits per heavy atom. The van der Waals surface area contributed by atoms with E-state index in [1.807, 2.05) is 36.4 Å². The Hall–Kier alpha value is -2.67. The summed E-state index contributed by atoms with van der Waals surface area (Å²) in [4.78, 5) is 1.61. The molecule has 0 fully saturated rings. The highest BCUT2D eigenvalue weighted by Gasteiger charge is 2.15. The van der Waals surface area contributed by atoms with Crippen LogP contribution in [0, 0.1) is 5.21 Å². The number of rotatable bonds is 3. The number of hydrogen-bond acceptors (Lipinski definition) is 4. The van der Waals surface area contributed by atoms with Gasteiger partial charge in [0.15, 0.2) is 5.52 Å². The van der Waals surface area contributed by atoms with Crippen LogP contribution in [0.4, 0.5) is 0 Å². The number of methoxy groups -OCH3 is 1. The number of benzene rings is 2. The fourth-order valence-corrected chi connectivity index (χ4v) is 3.02. The summed E-state index contributed by atoms with van der Waals surface area (Å²) in [5.74, 6) is 0.807. The van der Waals surface area contributed by atoms with E-state index in [2.05, 4.69) is 26.1 Å². The highest BCUT2D eigenvalue weighted by atomic mass is 79.9. The Balaban J connectivity index is 1.78. The van der Waals surface area contributed by atoms with Gasteiger partial charge < -0.3 is 9.94 Å². The van der Waals surface area contributed by atoms with Crippen LogP contribution in [0.15, 0.2) is 53.1 Å². The summed E-state index contributed by atoms with van der Waals surface area (Å²) in [6, 6.07) is 13.3. The zero-order chi connectivity index (χ0) is 16.7. The maximum Gasteiger partial charge on any atom is 0.227 e. The Bertz CT molecular complexity index is 1040. The lowest BCUT2D eigenvalue weighted by atomic mass is 10.2. The van der Waals surface area contributed by atoms with Crippen molar-refractivity contribution in [2.45, 2.75) is 6.54 Å². The van der Waals surface area contributed by atoms with Crippen molar-refractivity contribution in [2.75, 3.05) is 7.11 Å². The molecule has 0 saturated carbocycles. The first-order chi connectivity index (χ1) is 11.6. The van der Waals surface area contributed by atoms with Crippen molar-refractivity contribution >= 4 is 37.9 Å². The number of aromatic nitrogens is 4. The van der Waals surface area contributed by atoms with Gasteiger partial charge >= 0.3 is 0 Å². The van der Waals surface area contributed by atoms with E-state index in [9.17, 15) is 5.21 Å². The van der Waals surface area contributed by atoms with E-state index in [4.69, 9.17) is 4.74 Å². The number of nitrogens with zero attached hydrogens (tertiary/aromatic N) is 4. The molecule has 7 heteroatoms.